The third kappa shape index (κ3) is 3.04. The molecule has 2 aromatic carbocycles. The van der Waals surface area contributed by atoms with Gasteiger partial charge in [0.1, 0.15) is 0 Å². The van der Waals surface area contributed by atoms with Gasteiger partial charge in [-0.2, -0.15) is 5.10 Å². The average Bonchev–Trinajstić information content (AvgIpc) is 2.89. The quantitative estimate of drug-likeness (QED) is 0.706. The van der Waals surface area contributed by atoms with Crippen LogP contribution in [0.3, 0.4) is 0 Å². The highest BCUT2D eigenvalue weighted by Crippen LogP contribution is 2.21. The number of H-pyrrole nitrogens is 1. The van der Waals surface area contributed by atoms with Crippen LogP contribution in [0.2, 0.25) is 0 Å². The number of hydrogen-bond donors (Lipinski definition) is 2. The molecule has 0 aliphatic rings. The number of hydrazine groups is 1. The molecule has 0 atom stereocenters. The van der Waals surface area contributed by atoms with Crippen molar-refractivity contribution in [2.45, 2.75) is 13.5 Å². The molecule has 0 saturated heterocycles. The first kappa shape index (κ1) is 13.6. The van der Waals surface area contributed by atoms with Crippen LogP contribution >= 0.6 is 0 Å². The van der Waals surface area contributed by atoms with Crippen molar-refractivity contribution in [3.63, 3.8) is 0 Å². The Morgan fingerprint density at radius 2 is 2.00 bits per heavy atom. The Labute approximate surface area is 123 Å². The van der Waals surface area contributed by atoms with Gasteiger partial charge in [-0.1, -0.05) is 30.3 Å². The van der Waals surface area contributed by atoms with Gasteiger partial charge in [-0.15, -0.1) is 5.59 Å². The first-order valence-corrected chi connectivity index (χ1v) is 6.84. The van der Waals surface area contributed by atoms with E-state index < -0.39 is 0 Å². The van der Waals surface area contributed by atoms with Gasteiger partial charge < -0.3 is 0 Å². The van der Waals surface area contributed by atoms with Crippen molar-refractivity contribution >= 4 is 16.6 Å². The van der Waals surface area contributed by atoms with Crippen LogP contribution in [0.5, 0.6) is 0 Å². The van der Waals surface area contributed by atoms with Crippen molar-refractivity contribution in [1.29, 1.82) is 0 Å². The minimum atomic E-state index is 0.512. The first-order valence-electron chi connectivity index (χ1n) is 6.84. The number of hydrogen-bond acceptors (Lipinski definition) is 4. The van der Waals surface area contributed by atoms with Crippen LogP contribution in [0.4, 0.5) is 5.69 Å². The summed E-state index contributed by atoms with van der Waals surface area (Å²) in [6.45, 7) is 2.52. The number of aromatic nitrogens is 2. The molecule has 0 radical (unpaired) electrons. The highest BCUT2D eigenvalue weighted by atomic mass is 16.7. The normalized spacial score (nSPS) is 11.0. The largest absolute Gasteiger partial charge is 0.289 e. The lowest BCUT2D eigenvalue weighted by atomic mass is 10.2. The summed E-state index contributed by atoms with van der Waals surface area (Å²) in [7, 11) is 1.92. The van der Waals surface area contributed by atoms with Gasteiger partial charge in [0.15, 0.2) is 0 Å². The lowest BCUT2D eigenvalue weighted by molar-refractivity contribution is 0.0242. The van der Waals surface area contributed by atoms with Crippen molar-refractivity contribution in [3.8, 4) is 0 Å². The monoisotopic (exact) mass is 282 g/mol. The zero-order chi connectivity index (χ0) is 14.7. The third-order valence-electron chi connectivity index (χ3n) is 3.40. The fourth-order valence-electron chi connectivity index (χ4n) is 2.17. The maximum Gasteiger partial charge on any atom is 0.0954 e. The van der Waals surface area contributed by atoms with Crippen LogP contribution in [0.1, 0.15) is 11.3 Å². The average molecular weight is 282 g/mol. The standard InChI is InChI=1S/C16H18N4O/c1-12-15-10-14(8-9-16(15)18-17-12)20(2)19-21-11-13-6-4-3-5-7-13/h3-10,19H,11H2,1-2H3,(H,17,18). The number of anilines is 1. The maximum atomic E-state index is 5.51. The number of benzene rings is 2. The molecular weight excluding hydrogens is 264 g/mol. The van der Waals surface area contributed by atoms with Crippen molar-refractivity contribution < 1.29 is 4.84 Å². The predicted octanol–water partition coefficient (Wildman–Crippen LogP) is 2.94. The molecule has 0 spiro atoms. The molecule has 0 unspecified atom stereocenters. The van der Waals surface area contributed by atoms with Crippen molar-refractivity contribution in [2.24, 2.45) is 0 Å². The summed E-state index contributed by atoms with van der Waals surface area (Å²) in [6.07, 6.45) is 0. The lowest BCUT2D eigenvalue weighted by Gasteiger charge is -2.20. The predicted molar refractivity (Wildman–Crippen MR) is 83.6 cm³/mol. The molecule has 3 rings (SSSR count). The Morgan fingerprint density at radius 1 is 1.19 bits per heavy atom. The van der Waals surface area contributed by atoms with E-state index >= 15 is 0 Å². The van der Waals surface area contributed by atoms with E-state index in [0.29, 0.717) is 6.61 Å². The van der Waals surface area contributed by atoms with Gasteiger partial charge in [0.2, 0.25) is 0 Å². The molecule has 2 N–H and O–H groups in total. The molecule has 21 heavy (non-hydrogen) atoms. The van der Waals surface area contributed by atoms with Crippen molar-refractivity contribution in [1.82, 2.24) is 15.8 Å². The minimum Gasteiger partial charge on any atom is -0.289 e. The van der Waals surface area contributed by atoms with Crippen LogP contribution in [-0.4, -0.2) is 17.2 Å². The van der Waals surface area contributed by atoms with Crippen LogP contribution in [0.15, 0.2) is 48.5 Å². The Kier molecular flexibility index (Phi) is 3.85. The van der Waals surface area contributed by atoms with Crippen LogP contribution in [0, 0.1) is 6.92 Å². The van der Waals surface area contributed by atoms with Crippen molar-refractivity contribution in [2.75, 3.05) is 12.1 Å². The third-order valence-corrected chi connectivity index (χ3v) is 3.40. The summed E-state index contributed by atoms with van der Waals surface area (Å²) >= 11 is 0. The second-order valence-electron chi connectivity index (χ2n) is 4.97. The lowest BCUT2D eigenvalue weighted by Crippen LogP contribution is -2.34. The van der Waals surface area contributed by atoms with Crippen LogP contribution in [-0.2, 0) is 11.4 Å². The van der Waals surface area contributed by atoms with Gasteiger partial charge in [0, 0.05) is 18.1 Å². The molecule has 0 aliphatic carbocycles. The van der Waals surface area contributed by atoms with Gasteiger partial charge in [-0.05, 0) is 30.7 Å². The second kappa shape index (κ2) is 5.95. The fraction of sp³-hybridized carbons (Fsp3) is 0.188. The van der Waals surface area contributed by atoms with E-state index in [-0.39, 0.29) is 0 Å². The number of aryl methyl sites for hydroxylation is 1. The number of nitrogens with one attached hydrogen (secondary N) is 2. The number of aromatic amines is 1. The molecule has 0 amide bonds. The van der Waals surface area contributed by atoms with Crippen LogP contribution in [0.25, 0.3) is 10.9 Å². The summed E-state index contributed by atoms with van der Waals surface area (Å²) in [5.74, 6) is 0. The molecule has 0 bridgehead atoms. The number of rotatable bonds is 5. The van der Waals surface area contributed by atoms with Gasteiger partial charge >= 0.3 is 0 Å². The van der Waals surface area contributed by atoms with E-state index in [9.17, 15) is 0 Å². The minimum absolute atomic E-state index is 0.512. The summed E-state index contributed by atoms with van der Waals surface area (Å²) in [4.78, 5) is 5.51. The Hall–Kier alpha value is -2.37. The molecule has 1 heterocycles. The smallest absolute Gasteiger partial charge is 0.0954 e. The summed E-state index contributed by atoms with van der Waals surface area (Å²) in [5.41, 5.74) is 7.09. The molecule has 1 aromatic heterocycles. The highest BCUT2D eigenvalue weighted by molar-refractivity contribution is 5.84. The van der Waals surface area contributed by atoms with E-state index in [1.54, 1.807) is 0 Å². The van der Waals surface area contributed by atoms with Gasteiger partial charge in [0.05, 0.1) is 17.8 Å². The fourth-order valence-corrected chi connectivity index (χ4v) is 2.17. The molecule has 108 valence electrons. The Morgan fingerprint density at radius 3 is 2.81 bits per heavy atom. The highest BCUT2D eigenvalue weighted by Gasteiger charge is 2.06. The first-order chi connectivity index (χ1) is 10.2. The molecule has 0 fully saturated rings. The van der Waals surface area contributed by atoms with E-state index in [1.165, 1.54) is 0 Å². The van der Waals surface area contributed by atoms with Crippen molar-refractivity contribution in [3.05, 3.63) is 59.8 Å². The van der Waals surface area contributed by atoms with E-state index in [2.05, 4.69) is 21.9 Å². The van der Waals surface area contributed by atoms with Crippen LogP contribution < -0.4 is 10.6 Å². The van der Waals surface area contributed by atoms with Gasteiger partial charge in [-0.3, -0.25) is 14.9 Å². The zero-order valence-electron chi connectivity index (χ0n) is 12.1. The molecule has 0 saturated carbocycles. The number of fused-ring (bicyclic) bond motifs is 1. The summed E-state index contributed by atoms with van der Waals surface area (Å²) in [5, 5.41) is 10.2. The topological polar surface area (TPSA) is 53.2 Å². The van der Waals surface area contributed by atoms with Gasteiger partial charge in [-0.25, -0.2) is 0 Å². The molecule has 5 nitrogen and oxygen atoms in total. The van der Waals surface area contributed by atoms with E-state index in [1.807, 2.05) is 61.4 Å². The number of nitrogens with zero attached hydrogens (tertiary/aromatic N) is 2. The SMILES string of the molecule is Cc1[nH]nc2ccc(N(C)NOCc3ccccc3)cc12. The van der Waals surface area contributed by atoms with E-state index in [4.69, 9.17) is 4.84 Å². The second-order valence-corrected chi connectivity index (χ2v) is 4.97. The molecule has 0 aliphatic heterocycles. The van der Waals surface area contributed by atoms with E-state index in [0.717, 1.165) is 27.8 Å². The molecule has 3 aromatic rings. The Balaban J connectivity index is 1.63. The molecule has 5 heteroatoms. The maximum absolute atomic E-state index is 5.51. The molecular formula is C16H18N4O. The summed E-state index contributed by atoms with van der Waals surface area (Å²) < 4.78 is 0. The Bertz CT molecular complexity index is 723. The zero-order valence-corrected chi connectivity index (χ0v) is 12.1. The van der Waals surface area contributed by atoms with Gasteiger partial charge in [0.25, 0.3) is 0 Å². The summed E-state index contributed by atoms with van der Waals surface area (Å²) in [6, 6.07) is 16.1.